The number of hydrogen-bond donors (Lipinski definition) is 1. The van der Waals surface area contributed by atoms with Gasteiger partial charge in [0, 0.05) is 11.9 Å². The van der Waals surface area contributed by atoms with Crippen LogP contribution in [-0.4, -0.2) is 4.98 Å². The molecule has 1 N–H and O–H groups in total. The fourth-order valence-corrected chi connectivity index (χ4v) is 1.74. The number of nitrogens with zero attached hydrogens (tertiary/aromatic N) is 2. The summed E-state index contributed by atoms with van der Waals surface area (Å²) < 4.78 is 13.6. The van der Waals surface area contributed by atoms with Gasteiger partial charge >= 0.3 is 0 Å². The van der Waals surface area contributed by atoms with Gasteiger partial charge in [0.25, 0.3) is 0 Å². The molecular weight excluding hydrogens is 285 g/mol. The summed E-state index contributed by atoms with van der Waals surface area (Å²) in [7, 11) is 0. The van der Waals surface area contributed by atoms with E-state index in [4.69, 9.17) is 5.26 Å². The first-order valence-corrected chi connectivity index (χ1v) is 5.56. The molecule has 0 bridgehead atoms. The molecule has 3 nitrogen and oxygen atoms in total. The number of aromatic nitrogens is 1. The quantitative estimate of drug-likeness (QED) is 0.920. The normalized spacial score (nSPS) is 9.71. The van der Waals surface area contributed by atoms with Crippen LogP contribution in [0.4, 0.5) is 15.9 Å². The second-order valence-electron chi connectivity index (χ2n) is 3.30. The Balaban J connectivity index is 2.28. The first-order valence-electron chi connectivity index (χ1n) is 4.77. The van der Waals surface area contributed by atoms with Crippen molar-refractivity contribution in [2.75, 3.05) is 5.32 Å². The second kappa shape index (κ2) is 4.93. The number of pyridine rings is 1. The first-order chi connectivity index (χ1) is 8.19. The molecule has 0 spiro atoms. The third-order valence-electron chi connectivity index (χ3n) is 2.06. The lowest BCUT2D eigenvalue weighted by molar-refractivity contribution is 0.628. The van der Waals surface area contributed by atoms with E-state index in [0.29, 0.717) is 21.5 Å². The van der Waals surface area contributed by atoms with Gasteiger partial charge in [0.2, 0.25) is 0 Å². The van der Waals surface area contributed by atoms with Gasteiger partial charge in [-0.25, -0.2) is 9.37 Å². The van der Waals surface area contributed by atoms with Crippen molar-refractivity contribution in [3.05, 3.63) is 52.4 Å². The van der Waals surface area contributed by atoms with Crippen LogP contribution in [0, 0.1) is 17.1 Å². The maximum atomic E-state index is 13.0. The van der Waals surface area contributed by atoms with E-state index in [2.05, 4.69) is 26.2 Å². The van der Waals surface area contributed by atoms with Crippen molar-refractivity contribution in [2.24, 2.45) is 0 Å². The summed E-state index contributed by atoms with van der Waals surface area (Å²) in [5, 5.41) is 11.7. The molecular formula is C12H7BrFN3. The van der Waals surface area contributed by atoms with Crippen molar-refractivity contribution in [3.63, 3.8) is 0 Å². The average Bonchev–Trinajstić information content (AvgIpc) is 2.32. The van der Waals surface area contributed by atoms with E-state index in [-0.39, 0.29) is 5.82 Å². The highest BCUT2D eigenvalue weighted by Gasteiger charge is 2.04. The van der Waals surface area contributed by atoms with Gasteiger partial charge in [-0.3, -0.25) is 0 Å². The molecule has 0 saturated heterocycles. The molecule has 5 heteroatoms. The molecule has 0 aliphatic rings. The minimum Gasteiger partial charge on any atom is -0.339 e. The summed E-state index contributed by atoms with van der Waals surface area (Å²) >= 11 is 3.29. The molecule has 0 amide bonds. The topological polar surface area (TPSA) is 48.7 Å². The number of halogens is 2. The fourth-order valence-electron chi connectivity index (χ4n) is 1.29. The van der Waals surface area contributed by atoms with Gasteiger partial charge < -0.3 is 5.32 Å². The van der Waals surface area contributed by atoms with Gasteiger partial charge in [-0.1, -0.05) is 6.07 Å². The Morgan fingerprint density at radius 2 is 2.18 bits per heavy atom. The van der Waals surface area contributed by atoms with Crippen molar-refractivity contribution >= 4 is 27.4 Å². The number of benzene rings is 1. The van der Waals surface area contributed by atoms with Crippen LogP contribution in [-0.2, 0) is 0 Å². The van der Waals surface area contributed by atoms with Gasteiger partial charge in [0.1, 0.15) is 17.7 Å². The van der Waals surface area contributed by atoms with Gasteiger partial charge in [0.05, 0.1) is 10.0 Å². The molecule has 0 radical (unpaired) electrons. The van der Waals surface area contributed by atoms with Gasteiger partial charge in [-0.2, -0.15) is 5.26 Å². The maximum Gasteiger partial charge on any atom is 0.144 e. The molecule has 0 saturated carbocycles. The zero-order valence-corrected chi connectivity index (χ0v) is 10.2. The Labute approximate surface area is 106 Å². The fraction of sp³-hybridized carbons (Fsp3) is 0. The van der Waals surface area contributed by atoms with Gasteiger partial charge in [0.15, 0.2) is 0 Å². The van der Waals surface area contributed by atoms with Crippen molar-refractivity contribution in [1.29, 1.82) is 5.26 Å². The molecule has 1 aromatic carbocycles. The van der Waals surface area contributed by atoms with Crippen LogP contribution in [0.2, 0.25) is 0 Å². The number of nitriles is 1. The van der Waals surface area contributed by atoms with Crippen LogP contribution >= 0.6 is 15.9 Å². The largest absolute Gasteiger partial charge is 0.339 e. The third-order valence-corrected chi connectivity index (χ3v) is 2.66. The molecule has 17 heavy (non-hydrogen) atoms. The Kier molecular flexibility index (Phi) is 3.35. The molecule has 1 aromatic heterocycles. The molecule has 84 valence electrons. The number of nitrogens with one attached hydrogen (secondary N) is 1. The second-order valence-corrected chi connectivity index (χ2v) is 4.16. The monoisotopic (exact) mass is 291 g/mol. The maximum absolute atomic E-state index is 13.0. The summed E-state index contributed by atoms with van der Waals surface area (Å²) in [6, 6.07) is 9.71. The average molecular weight is 292 g/mol. The van der Waals surface area contributed by atoms with E-state index < -0.39 is 0 Å². The highest BCUT2D eigenvalue weighted by Crippen LogP contribution is 2.24. The molecule has 1 heterocycles. The van der Waals surface area contributed by atoms with Crippen molar-refractivity contribution in [1.82, 2.24) is 4.98 Å². The Morgan fingerprint density at radius 1 is 1.35 bits per heavy atom. The summed E-state index contributed by atoms with van der Waals surface area (Å²) in [5.74, 6) is 0.217. The minimum absolute atomic E-state index is 0.320. The minimum atomic E-state index is -0.320. The van der Waals surface area contributed by atoms with Gasteiger partial charge in [-0.15, -0.1) is 0 Å². The lowest BCUT2D eigenvalue weighted by Crippen LogP contribution is -1.95. The Morgan fingerprint density at radius 3 is 2.82 bits per heavy atom. The SMILES string of the molecule is N#Cc1cnc(Nc2cccc(F)c2)c(Br)c1. The van der Waals surface area contributed by atoms with Crippen molar-refractivity contribution in [3.8, 4) is 6.07 Å². The molecule has 0 fully saturated rings. The van der Waals surface area contributed by atoms with Crippen LogP contribution < -0.4 is 5.32 Å². The van der Waals surface area contributed by atoms with Crippen LogP contribution in [0.5, 0.6) is 0 Å². The molecule has 0 aliphatic carbocycles. The highest BCUT2D eigenvalue weighted by atomic mass is 79.9. The van der Waals surface area contributed by atoms with Crippen LogP contribution in [0.1, 0.15) is 5.56 Å². The predicted molar refractivity (Wildman–Crippen MR) is 66.3 cm³/mol. The van der Waals surface area contributed by atoms with Crippen molar-refractivity contribution in [2.45, 2.75) is 0 Å². The number of anilines is 2. The predicted octanol–water partition coefficient (Wildman–Crippen LogP) is 3.60. The van der Waals surface area contributed by atoms with Crippen molar-refractivity contribution < 1.29 is 4.39 Å². The number of hydrogen-bond acceptors (Lipinski definition) is 3. The first kappa shape index (κ1) is 11.6. The van der Waals surface area contributed by atoms with E-state index in [0.717, 1.165) is 0 Å². The smallest absolute Gasteiger partial charge is 0.144 e. The summed E-state index contributed by atoms with van der Waals surface area (Å²) in [5.41, 5.74) is 1.06. The van der Waals surface area contributed by atoms with E-state index in [9.17, 15) is 4.39 Å². The van der Waals surface area contributed by atoms with E-state index in [1.54, 1.807) is 18.2 Å². The Bertz CT molecular complexity index is 593. The van der Waals surface area contributed by atoms with E-state index >= 15 is 0 Å². The van der Waals surface area contributed by atoms with E-state index in [1.807, 2.05) is 6.07 Å². The highest BCUT2D eigenvalue weighted by molar-refractivity contribution is 9.10. The standard InChI is InChI=1S/C12H7BrFN3/c13-11-4-8(6-15)7-16-12(11)17-10-3-1-2-9(14)5-10/h1-5,7H,(H,16,17). The lowest BCUT2D eigenvalue weighted by Gasteiger charge is -2.07. The summed E-state index contributed by atoms with van der Waals surface area (Å²) in [6.45, 7) is 0. The van der Waals surface area contributed by atoms with Crippen LogP contribution in [0.15, 0.2) is 41.0 Å². The zero-order valence-electron chi connectivity index (χ0n) is 8.61. The Hall–Kier alpha value is -1.93. The molecule has 0 aliphatic heterocycles. The van der Waals surface area contributed by atoms with E-state index in [1.165, 1.54) is 18.3 Å². The number of rotatable bonds is 2. The molecule has 0 atom stereocenters. The van der Waals surface area contributed by atoms with Crippen LogP contribution in [0.25, 0.3) is 0 Å². The van der Waals surface area contributed by atoms with Gasteiger partial charge in [-0.05, 0) is 40.2 Å². The molecule has 2 aromatic rings. The van der Waals surface area contributed by atoms with Crippen LogP contribution in [0.3, 0.4) is 0 Å². The lowest BCUT2D eigenvalue weighted by atomic mass is 10.3. The third kappa shape index (κ3) is 2.80. The zero-order chi connectivity index (χ0) is 12.3. The summed E-state index contributed by atoms with van der Waals surface area (Å²) in [6.07, 6.45) is 1.45. The molecule has 2 rings (SSSR count). The molecule has 0 unspecified atom stereocenters. The summed E-state index contributed by atoms with van der Waals surface area (Å²) in [4.78, 5) is 4.07.